The van der Waals surface area contributed by atoms with Gasteiger partial charge >= 0.3 is 5.97 Å². The maximum absolute atomic E-state index is 12.6. The van der Waals surface area contributed by atoms with Crippen molar-refractivity contribution in [3.8, 4) is 0 Å². The van der Waals surface area contributed by atoms with E-state index in [1.807, 2.05) is 0 Å². The first-order valence-corrected chi connectivity index (χ1v) is 4.09. The number of carbonyl (C=O) groups excluding carboxylic acids is 2. The summed E-state index contributed by atoms with van der Waals surface area (Å²) in [6.45, 7) is 0.938. The van der Waals surface area contributed by atoms with Gasteiger partial charge in [-0.05, 0) is 13.3 Å². The van der Waals surface area contributed by atoms with Crippen molar-refractivity contribution in [2.75, 3.05) is 6.61 Å². The fraction of sp³-hybridized carbons (Fsp3) is 0.625. The van der Waals surface area contributed by atoms with E-state index in [0.717, 1.165) is 6.92 Å². The van der Waals surface area contributed by atoms with Crippen LogP contribution in [0.1, 0.15) is 19.8 Å². The number of amidine groups is 1. The van der Waals surface area contributed by atoms with Crippen LogP contribution in [0.3, 0.4) is 0 Å². The van der Waals surface area contributed by atoms with E-state index < -0.39 is 17.9 Å². The smallest absolute Gasteiger partial charge is 0.348 e. The fourth-order valence-electron chi connectivity index (χ4n) is 0.675. The second kappa shape index (κ2) is 6.06. The van der Waals surface area contributed by atoms with Crippen LogP contribution >= 0.6 is 0 Å². The molecule has 14 heavy (non-hydrogen) atoms. The topological polar surface area (TPSA) is 93.2 Å². The van der Waals surface area contributed by atoms with Crippen LogP contribution in [0.5, 0.6) is 0 Å². The van der Waals surface area contributed by atoms with Gasteiger partial charge in [-0.25, -0.2) is 9.18 Å². The van der Waals surface area contributed by atoms with E-state index >= 15 is 0 Å². The van der Waals surface area contributed by atoms with Crippen molar-refractivity contribution >= 4 is 17.6 Å². The molecule has 0 fully saturated rings. The van der Waals surface area contributed by atoms with Crippen LogP contribution in [0.4, 0.5) is 4.39 Å². The van der Waals surface area contributed by atoms with Crippen molar-refractivity contribution < 1.29 is 18.7 Å². The quantitative estimate of drug-likeness (QED) is 0.212. The van der Waals surface area contributed by atoms with Crippen molar-refractivity contribution in [2.45, 2.75) is 25.9 Å². The number of hydrogen-bond donors (Lipinski definition) is 2. The molecule has 0 bridgehead atoms. The van der Waals surface area contributed by atoms with Gasteiger partial charge in [0.2, 0.25) is 0 Å². The molecule has 0 aromatic carbocycles. The predicted molar refractivity (Wildman–Crippen MR) is 47.7 cm³/mol. The van der Waals surface area contributed by atoms with Crippen molar-refractivity contribution in [1.82, 2.24) is 0 Å². The van der Waals surface area contributed by atoms with Crippen molar-refractivity contribution in [2.24, 2.45) is 5.73 Å². The SMILES string of the molecule is CC(=O)C(F)C(=O)OCCCC(=N)N. The van der Waals surface area contributed by atoms with E-state index in [2.05, 4.69) is 4.74 Å². The van der Waals surface area contributed by atoms with Gasteiger partial charge in [0.05, 0.1) is 12.4 Å². The summed E-state index contributed by atoms with van der Waals surface area (Å²) in [6.07, 6.45) is -1.57. The number of carbonyl (C=O) groups is 2. The Morgan fingerprint density at radius 2 is 2.14 bits per heavy atom. The molecule has 0 aromatic heterocycles. The minimum absolute atomic E-state index is 0.0237. The van der Waals surface area contributed by atoms with Crippen LogP contribution in [0.15, 0.2) is 0 Å². The van der Waals surface area contributed by atoms with E-state index in [1.54, 1.807) is 0 Å². The molecule has 6 heteroatoms. The van der Waals surface area contributed by atoms with Crippen LogP contribution in [0, 0.1) is 5.41 Å². The van der Waals surface area contributed by atoms with Crippen LogP contribution in [0.25, 0.3) is 0 Å². The third-order valence-corrected chi connectivity index (χ3v) is 1.40. The molecule has 0 aromatic rings. The number of nitrogens with one attached hydrogen (secondary N) is 1. The van der Waals surface area contributed by atoms with Crippen LogP contribution < -0.4 is 5.73 Å². The second-order valence-electron chi connectivity index (χ2n) is 2.77. The highest BCUT2D eigenvalue weighted by molar-refractivity contribution is 6.00. The summed E-state index contributed by atoms with van der Waals surface area (Å²) in [6, 6.07) is 0. The molecule has 0 saturated carbocycles. The van der Waals surface area contributed by atoms with Gasteiger partial charge in [-0.2, -0.15) is 0 Å². The minimum Gasteiger partial charge on any atom is -0.463 e. The standard InChI is InChI=1S/C8H13FN2O3/c1-5(12)7(9)8(13)14-4-2-3-6(10)11/h7H,2-4H2,1H3,(H3,10,11). The highest BCUT2D eigenvalue weighted by atomic mass is 19.1. The number of halogens is 1. The van der Waals surface area contributed by atoms with Crippen molar-refractivity contribution in [1.29, 1.82) is 5.41 Å². The van der Waals surface area contributed by atoms with Crippen LogP contribution in [-0.2, 0) is 14.3 Å². The van der Waals surface area contributed by atoms with Gasteiger partial charge < -0.3 is 10.5 Å². The third-order valence-electron chi connectivity index (χ3n) is 1.40. The third kappa shape index (κ3) is 5.23. The summed E-state index contributed by atoms with van der Waals surface area (Å²) in [5.74, 6) is -2.08. The zero-order valence-electron chi connectivity index (χ0n) is 7.88. The zero-order chi connectivity index (χ0) is 11.1. The maximum atomic E-state index is 12.6. The second-order valence-corrected chi connectivity index (χ2v) is 2.77. The highest BCUT2D eigenvalue weighted by Crippen LogP contribution is 1.98. The zero-order valence-corrected chi connectivity index (χ0v) is 7.88. The molecule has 0 aliphatic rings. The molecule has 1 unspecified atom stereocenters. The molecule has 0 aliphatic heterocycles. The Morgan fingerprint density at radius 1 is 1.57 bits per heavy atom. The molecule has 0 heterocycles. The molecule has 0 radical (unpaired) electrons. The summed E-state index contributed by atoms with van der Waals surface area (Å²) < 4.78 is 17.0. The first-order chi connectivity index (χ1) is 6.45. The molecule has 3 N–H and O–H groups in total. The molecular weight excluding hydrogens is 191 g/mol. The Morgan fingerprint density at radius 3 is 2.57 bits per heavy atom. The van der Waals surface area contributed by atoms with Gasteiger partial charge in [0.15, 0.2) is 5.78 Å². The number of Topliss-reactive ketones (excluding diaryl/α,β-unsaturated/α-hetero) is 1. The van der Waals surface area contributed by atoms with Crippen LogP contribution in [-0.4, -0.2) is 30.4 Å². The molecule has 0 saturated heterocycles. The molecule has 0 amide bonds. The average Bonchev–Trinajstić information content (AvgIpc) is 2.10. The van der Waals surface area contributed by atoms with Gasteiger partial charge in [-0.3, -0.25) is 10.2 Å². The Hall–Kier alpha value is -1.46. The summed E-state index contributed by atoms with van der Waals surface area (Å²) in [4.78, 5) is 21.1. The van der Waals surface area contributed by atoms with E-state index in [9.17, 15) is 14.0 Å². The number of ketones is 1. The van der Waals surface area contributed by atoms with E-state index in [1.165, 1.54) is 0 Å². The van der Waals surface area contributed by atoms with Gasteiger partial charge in [-0.15, -0.1) is 0 Å². The van der Waals surface area contributed by atoms with E-state index in [0.29, 0.717) is 6.42 Å². The normalized spacial score (nSPS) is 11.9. The van der Waals surface area contributed by atoms with E-state index in [4.69, 9.17) is 11.1 Å². The Balaban J connectivity index is 3.64. The lowest BCUT2D eigenvalue weighted by atomic mass is 10.3. The molecule has 5 nitrogen and oxygen atoms in total. The molecule has 80 valence electrons. The summed E-state index contributed by atoms with van der Waals surface area (Å²) >= 11 is 0. The number of esters is 1. The number of rotatable bonds is 6. The summed E-state index contributed by atoms with van der Waals surface area (Å²) in [7, 11) is 0. The molecule has 0 rings (SSSR count). The minimum atomic E-state index is -2.20. The summed E-state index contributed by atoms with van der Waals surface area (Å²) in [5.41, 5.74) is 5.03. The van der Waals surface area contributed by atoms with Gasteiger partial charge in [-0.1, -0.05) is 0 Å². The predicted octanol–water partition coefficient (Wildman–Crippen LogP) is 0.173. The molecule has 1 atom stereocenters. The van der Waals surface area contributed by atoms with Gasteiger partial charge in [0.25, 0.3) is 6.17 Å². The number of alkyl halides is 1. The Labute approximate surface area is 80.9 Å². The van der Waals surface area contributed by atoms with Crippen LogP contribution in [0.2, 0.25) is 0 Å². The first kappa shape index (κ1) is 12.5. The van der Waals surface area contributed by atoms with Gasteiger partial charge in [0.1, 0.15) is 0 Å². The Bertz CT molecular complexity index is 243. The molecule has 0 spiro atoms. The first-order valence-electron chi connectivity index (χ1n) is 4.09. The monoisotopic (exact) mass is 204 g/mol. The lowest BCUT2D eigenvalue weighted by Gasteiger charge is -2.05. The number of hydrogen-bond acceptors (Lipinski definition) is 4. The number of ether oxygens (including phenoxy) is 1. The lowest BCUT2D eigenvalue weighted by molar-refractivity contribution is -0.152. The van der Waals surface area contributed by atoms with Crippen molar-refractivity contribution in [3.05, 3.63) is 0 Å². The highest BCUT2D eigenvalue weighted by Gasteiger charge is 2.23. The fourth-order valence-corrected chi connectivity index (χ4v) is 0.675. The van der Waals surface area contributed by atoms with E-state index in [-0.39, 0.29) is 18.9 Å². The maximum Gasteiger partial charge on any atom is 0.348 e. The van der Waals surface area contributed by atoms with Gasteiger partial charge in [0, 0.05) is 6.42 Å². The number of nitrogens with two attached hydrogens (primary N) is 1. The molecule has 0 aliphatic carbocycles. The average molecular weight is 204 g/mol. The summed E-state index contributed by atoms with van der Waals surface area (Å²) in [5, 5.41) is 6.84. The molecular formula is C8H13FN2O3. The largest absolute Gasteiger partial charge is 0.463 e. The van der Waals surface area contributed by atoms with Crippen molar-refractivity contribution in [3.63, 3.8) is 0 Å². The lowest BCUT2D eigenvalue weighted by Crippen LogP contribution is -2.26. The Kier molecular flexibility index (Phi) is 5.43.